The van der Waals surface area contributed by atoms with Crippen molar-refractivity contribution in [2.75, 3.05) is 19.7 Å². The van der Waals surface area contributed by atoms with Crippen LogP contribution in [-0.2, 0) is 4.79 Å². The van der Waals surface area contributed by atoms with Crippen molar-refractivity contribution in [2.45, 2.75) is 25.7 Å². The summed E-state index contributed by atoms with van der Waals surface area (Å²) in [5.41, 5.74) is 0. The summed E-state index contributed by atoms with van der Waals surface area (Å²) in [4.78, 5) is 13.5. The van der Waals surface area contributed by atoms with Crippen LogP contribution in [0.4, 0.5) is 0 Å². The zero-order valence-electron chi connectivity index (χ0n) is 7.91. The number of nitrogens with zero attached hydrogens (tertiary/aromatic N) is 1. The quantitative estimate of drug-likeness (QED) is 0.697. The van der Waals surface area contributed by atoms with Gasteiger partial charge in [0.15, 0.2) is 0 Å². The Bertz CT molecular complexity index is 201. The lowest BCUT2D eigenvalue weighted by Gasteiger charge is -2.15. The van der Waals surface area contributed by atoms with E-state index in [2.05, 4.69) is 0 Å². The van der Waals surface area contributed by atoms with Crippen molar-refractivity contribution in [1.82, 2.24) is 4.90 Å². The Balaban J connectivity index is 1.77. The molecule has 3 heteroatoms. The molecule has 1 N–H and O–H groups in total. The second-order valence-electron chi connectivity index (χ2n) is 4.32. The first-order valence-electron chi connectivity index (χ1n) is 5.18. The molecule has 1 heterocycles. The number of carbonyl (C=O) groups excluding carboxylic acids is 1. The molecule has 2 fully saturated rings. The zero-order chi connectivity index (χ0) is 9.26. The standard InChI is InChI=1S/C10H17NO2/c12-7-9-3-4-11(6-9)10(13)5-8-1-2-8/h8-9,12H,1-7H2. The molecule has 0 spiro atoms. The van der Waals surface area contributed by atoms with Crippen LogP contribution < -0.4 is 0 Å². The van der Waals surface area contributed by atoms with Gasteiger partial charge in [0, 0.05) is 32.0 Å². The third kappa shape index (κ3) is 2.21. The van der Waals surface area contributed by atoms with Crippen LogP contribution in [-0.4, -0.2) is 35.6 Å². The van der Waals surface area contributed by atoms with Crippen molar-refractivity contribution < 1.29 is 9.90 Å². The van der Waals surface area contributed by atoms with Crippen LogP contribution in [0, 0.1) is 11.8 Å². The summed E-state index contributed by atoms with van der Waals surface area (Å²) in [6.07, 6.45) is 4.21. The summed E-state index contributed by atoms with van der Waals surface area (Å²) >= 11 is 0. The zero-order valence-corrected chi connectivity index (χ0v) is 7.91. The molecule has 1 amide bonds. The number of hydrogen-bond acceptors (Lipinski definition) is 2. The summed E-state index contributed by atoms with van der Waals surface area (Å²) in [7, 11) is 0. The first-order valence-corrected chi connectivity index (χ1v) is 5.18. The van der Waals surface area contributed by atoms with E-state index in [1.165, 1.54) is 12.8 Å². The summed E-state index contributed by atoms with van der Waals surface area (Å²) in [5, 5.41) is 8.92. The molecule has 0 aromatic heterocycles. The van der Waals surface area contributed by atoms with Gasteiger partial charge in [-0.25, -0.2) is 0 Å². The van der Waals surface area contributed by atoms with Crippen LogP contribution >= 0.6 is 0 Å². The van der Waals surface area contributed by atoms with Gasteiger partial charge in [-0.05, 0) is 25.2 Å². The average Bonchev–Trinajstić information content (AvgIpc) is 2.82. The van der Waals surface area contributed by atoms with E-state index in [1.54, 1.807) is 0 Å². The number of aliphatic hydroxyl groups excluding tert-OH is 1. The van der Waals surface area contributed by atoms with Crippen LogP contribution in [0.25, 0.3) is 0 Å². The highest BCUT2D eigenvalue weighted by Crippen LogP contribution is 2.33. The molecule has 0 aromatic carbocycles. The molecule has 1 aliphatic heterocycles. The Kier molecular flexibility index (Phi) is 2.54. The molecule has 1 unspecified atom stereocenters. The van der Waals surface area contributed by atoms with E-state index >= 15 is 0 Å². The monoisotopic (exact) mass is 183 g/mol. The fraction of sp³-hybridized carbons (Fsp3) is 0.900. The SMILES string of the molecule is O=C(CC1CC1)N1CCC(CO)C1. The fourth-order valence-corrected chi connectivity index (χ4v) is 1.91. The Hall–Kier alpha value is -0.570. The third-order valence-corrected chi connectivity index (χ3v) is 3.06. The van der Waals surface area contributed by atoms with E-state index in [1.807, 2.05) is 4.90 Å². The van der Waals surface area contributed by atoms with Gasteiger partial charge in [0.2, 0.25) is 5.91 Å². The molecule has 74 valence electrons. The highest BCUT2D eigenvalue weighted by Gasteiger charge is 2.30. The molecule has 1 atom stereocenters. The number of likely N-dealkylation sites (tertiary alicyclic amines) is 1. The topological polar surface area (TPSA) is 40.5 Å². The minimum atomic E-state index is 0.229. The predicted octanol–water partition coefficient (Wildman–Crippen LogP) is 0.627. The van der Waals surface area contributed by atoms with Crippen molar-refractivity contribution in [2.24, 2.45) is 11.8 Å². The largest absolute Gasteiger partial charge is 0.396 e. The van der Waals surface area contributed by atoms with E-state index < -0.39 is 0 Å². The second kappa shape index (κ2) is 3.66. The Morgan fingerprint density at radius 3 is 2.62 bits per heavy atom. The minimum absolute atomic E-state index is 0.229. The van der Waals surface area contributed by atoms with Gasteiger partial charge in [-0.1, -0.05) is 0 Å². The molecule has 13 heavy (non-hydrogen) atoms. The molecule has 2 rings (SSSR count). The van der Waals surface area contributed by atoms with Gasteiger partial charge in [0.1, 0.15) is 0 Å². The molecule has 0 aromatic rings. The van der Waals surface area contributed by atoms with Crippen LogP contribution in [0.5, 0.6) is 0 Å². The maximum atomic E-state index is 11.6. The van der Waals surface area contributed by atoms with Crippen molar-refractivity contribution in [1.29, 1.82) is 0 Å². The first-order chi connectivity index (χ1) is 6.29. The third-order valence-electron chi connectivity index (χ3n) is 3.06. The van der Waals surface area contributed by atoms with E-state index in [9.17, 15) is 4.79 Å². The number of rotatable bonds is 3. The highest BCUT2D eigenvalue weighted by atomic mass is 16.3. The Morgan fingerprint density at radius 1 is 1.31 bits per heavy atom. The molecule has 0 radical (unpaired) electrons. The van der Waals surface area contributed by atoms with Crippen molar-refractivity contribution in [3.63, 3.8) is 0 Å². The maximum absolute atomic E-state index is 11.6. The van der Waals surface area contributed by atoms with Gasteiger partial charge >= 0.3 is 0 Å². The average molecular weight is 183 g/mol. The smallest absolute Gasteiger partial charge is 0.222 e. The van der Waals surface area contributed by atoms with Gasteiger partial charge in [0.05, 0.1) is 0 Å². The molecule has 2 aliphatic rings. The predicted molar refractivity (Wildman–Crippen MR) is 49.1 cm³/mol. The van der Waals surface area contributed by atoms with Gasteiger partial charge in [-0.2, -0.15) is 0 Å². The summed E-state index contributed by atoms with van der Waals surface area (Å²) in [5.74, 6) is 1.32. The van der Waals surface area contributed by atoms with Crippen LogP contribution in [0.2, 0.25) is 0 Å². The lowest BCUT2D eigenvalue weighted by atomic mass is 10.1. The molecule has 1 saturated carbocycles. The van der Waals surface area contributed by atoms with Gasteiger partial charge in [-0.15, -0.1) is 0 Å². The number of carbonyl (C=O) groups is 1. The molecular formula is C10H17NO2. The van der Waals surface area contributed by atoms with Crippen LogP contribution in [0.15, 0.2) is 0 Å². The first kappa shape index (κ1) is 9.00. The number of amides is 1. The minimum Gasteiger partial charge on any atom is -0.396 e. The van der Waals surface area contributed by atoms with Gasteiger partial charge < -0.3 is 10.0 Å². The molecular weight excluding hydrogens is 166 g/mol. The normalized spacial score (nSPS) is 28.1. The summed E-state index contributed by atoms with van der Waals surface area (Å²) in [6, 6.07) is 0. The lowest BCUT2D eigenvalue weighted by molar-refractivity contribution is -0.130. The van der Waals surface area contributed by atoms with E-state index in [4.69, 9.17) is 5.11 Å². The van der Waals surface area contributed by atoms with Gasteiger partial charge in [0.25, 0.3) is 0 Å². The maximum Gasteiger partial charge on any atom is 0.222 e. The van der Waals surface area contributed by atoms with E-state index in [0.717, 1.165) is 25.9 Å². The Labute approximate surface area is 78.7 Å². The molecule has 3 nitrogen and oxygen atoms in total. The molecule has 1 saturated heterocycles. The fourth-order valence-electron chi connectivity index (χ4n) is 1.91. The van der Waals surface area contributed by atoms with Crippen molar-refractivity contribution in [3.8, 4) is 0 Å². The number of hydrogen-bond donors (Lipinski definition) is 1. The van der Waals surface area contributed by atoms with E-state index in [0.29, 0.717) is 17.7 Å². The number of aliphatic hydroxyl groups is 1. The van der Waals surface area contributed by atoms with E-state index in [-0.39, 0.29) is 6.61 Å². The summed E-state index contributed by atoms with van der Waals surface area (Å²) < 4.78 is 0. The van der Waals surface area contributed by atoms with Crippen molar-refractivity contribution in [3.05, 3.63) is 0 Å². The van der Waals surface area contributed by atoms with Crippen LogP contribution in [0.1, 0.15) is 25.7 Å². The lowest BCUT2D eigenvalue weighted by Crippen LogP contribution is -2.29. The highest BCUT2D eigenvalue weighted by molar-refractivity contribution is 5.77. The second-order valence-corrected chi connectivity index (χ2v) is 4.32. The summed E-state index contributed by atoms with van der Waals surface area (Å²) in [6.45, 7) is 1.87. The molecule has 1 aliphatic carbocycles. The Morgan fingerprint density at radius 2 is 2.08 bits per heavy atom. The van der Waals surface area contributed by atoms with Crippen molar-refractivity contribution >= 4 is 5.91 Å². The van der Waals surface area contributed by atoms with Gasteiger partial charge in [-0.3, -0.25) is 4.79 Å². The molecule has 0 bridgehead atoms. The van der Waals surface area contributed by atoms with Crippen LogP contribution in [0.3, 0.4) is 0 Å².